The monoisotopic (exact) mass is 986 g/mol. The van der Waals surface area contributed by atoms with E-state index in [1.165, 1.54) is 244 Å². The van der Waals surface area contributed by atoms with Gasteiger partial charge in [-0.05, 0) is 64.2 Å². The van der Waals surface area contributed by atoms with Crippen LogP contribution in [0.5, 0.6) is 0 Å². The Balaban J connectivity index is 3.49. The van der Waals surface area contributed by atoms with Gasteiger partial charge in [-0.15, -0.1) is 0 Å². The van der Waals surface area contributed by atoms with Crippen LogP contribution in [0.3, 0.4) is 0 Å². The third-order valence-electron chi connectivity index (χ3n) is 14.7. The number of esters is 1. The smallest absolute Gasteiger partial charge is 0.305 e. The zero-order valence-corrected chi connectivity index (χ0v) is 47.3. The Morgan fingerprint density at radius 2 is 0.671 bits per heavy atom. The molecule has 0 heterocycles. The second-order valence-electron chi connectivity index (χ2n) is 21.7. The Labute approximate surface area is 437 Å². The van der Waals surface area contributed by atoms with Crippen molar-refractivity contribution in [3.8, 4) is 0 Å². The van der Waals surface area contributed by atoms with Crippen molar-refractivity contribution in [1.82, 2.24) is 5.32 Å². The van der Waals surface area contributed by atoms with Gasteiger partial charge in [0.05, 0.1) is 25.4 Å². The number of ether oxygens (including phenoxy) is 1. The summed E-state index contributed by atoms with van der Waals surface area (Å²) in [7, 11) is 0. The third-order valence-corrected chi connectivity index (χ3v) is 14.7. The largest absolute Gasteiger partial charge is 0.466 e. The van der Waals surface area contributed by atoms with E-state index in [2.05, 4.69) is 31.3 Å². The minimum Gasteiger partial charge on any atom is -0.466 e. The lowest BCUT2D eigenvalue weighted by atomic mass is 10.0. The van der Waals surface area contributed by atoms with Gasteiger partial charge in [0.15, 0.2) is 0 Å². The molecule has 0 aliphatic rings. The first-order chi connectivity index (χ1) is 34.5. The Morgan fingerprint density at radius 1 is 0.386 bits per heavy atom. The number of rotatable bonds is 59. The number of unbranched alkanes of at least 4 members (excludes halogenated alkanes) is 46. The van der Waals surface area contributed by atoms with E-state index in [-0.39, 0.29) is 18.5 Å². The van der Waals surface area contributed by atoms with Crippen LogP contribution in [0.25, 0.3) is 0 Å². The molecule has 2 atom stereocenters. The van der Waals surface area contributed by atoms with Gasteiger partial charge in [-0.3, -0.25) is 9.59 Å². The van der Waals surface area contributed by atoms with Crippen LogP contribution in [0.2, 0.25) is 0 Å². The number of amides is 1. The molecule has 0 fully saturated rings. The first kappa shape index (κ1) is 68.3. The lowest BCUT2D eigenvalue weighted by Crippen LogP contribution is -2.45. The van der Waals surface area contributed by atoms with Crippen LogP contribution in [0.15, 0.2) is 24.3 Å². The number of hydrogen-bond donors (Lipinski definition) is 3. The van der Waals surface area contributed by atoms with Crippen molar-refractivity contribution < 1.29 is 24.5 Å². The highest BCUT2D eigenvalue weighted by molar-refractivity contribution is 5.76. The van der Waals surface area contributed by atoms with Crippen molar-refractivity contribution >= 4 is 11.9 Å². The number of carbonyl (C=O) groups is 2. The van der Waals surface area contributed by atoms with Crippen molar-refractivity contribution in [1.29, 1.82) is 0 Å². The molecule has 2 unspecified atom stereocenters. The van der Waals surface area contributed by atoms with E-state index in [9.17, 15) is 19.8 Å². The molecule has 0 rings (SSSR count). The number of nitrogens with one attached hydrogen (secondary N) is 1. The molecule has 6 nitrogen and oxygen atoms in total. The predicted molar refractivity (Wildman–Crippen MR) is 306 cm³/mol. The van der Waals surface area contributed by atoms with Gasteiger partial charge in [-0.2, -0.15) is 0 Å². The van der Waals surface area contributed by atoms with Crippen molar-refractivity contribution in [3.05, 3.63) is 24.3 Å². The highest BCUT2D eigenvalue weighted by atomic mass is 16.5. The van der Waals surface area contributed by atoms with Gasteiger partial charge >= 0.3 is 5.97 Å². The third kappa shape index (κ3) is 55.7. The Hall–Kier alpha value is -1.66. The zero-order chi connectivity index (χ0) is 50.7. The number of allylic oxidation sites excluding steroid dienone is 3. The topological polar surface area (TPSA) is 95.9 Å². The molecule has 0 aliphatic carbocycles. The van der Waals surface area contributed by atoms with E-state index < -0.39 is 12.1 Å². The lowest BCUT2D eigenvalue weighted by molar-refractivity contribution is -0.143. The highest BCUT2D eigenvalue weighted by Crippen LogP contribution is 2.18. The standard InChI is InChI=1S/C64H123NO5/c1-3-5-7-9-11-13-15-17-19-21-23-24-25-27-28-30-32-36-40-44-48-52-56-62(67)61(60-66)65-63(68)57-53-49-45-41-37-34-35-39-43-47-51-55-59-70-64(69)58-54-50-46-42-38-33-31-29-26-22-20-18-16-14-12-10-8-6-4-2/h35,39,52,56,61-62,66-67H,3-34,36-38,40-51,53-55,57-60H2,1-2H3,(H,65,68)/b39-35-,56-52+. The normalized spacial score (nSPS) is 12.7. The molecule has 0 aromatic heterocycles. The summed E-state index contributed by atoms with van der Waals surface area (Å²) in [6.45, 7) is 4.88. The maximum absolute atomic E-state index is 12.5. The Kier molecular flexibility index (Phi) is 58.5. The fourth-order valence-electron chi connectivity index (χ4n) is 9.87. The number of carbonyl (C=O) groups excluding carboxylic acids is 2. The van der Waals surface area contributed by atoms with Gasteiger partial charge in [0.1, 0.15) is 0 Å². The average Bonchev–Trinajstić information content (AvgIpc) is 3.36. The molecule has 1 amide bonds. The van der Waals surface area contributed by atoms with Crippen LogP contribution in [-0.4, -0.2) is 47.4 Å². The first-order valence-electron chi connectivity index (χ1n) is 31.6. The van der Waals surface area contributed by atoms with Gasteiger partial charge in [0.25, 0.3) is 0 Å². The summed E-state index contributed by atoms with van der Waals surface area (Å²) in [6, 6.07) is -0.647. The summed E-state index contributed by atoms with van der Waals surface area (Å²) in [6.07, 6.45) is 73.6. The summed E-state index contributed by atoms with van der Waals surface area (Å²) >= 11 is 0. The Morgan fingerprint density at radius 3 is 1.01 bits per heavy atom. The summed E-state index contributed by atoms with van der Waals surface area (Å²) in [5, 5.41) is 23.2. The van der Waals surface area contributed by atoms with Gasteiger partial charge in [0.2, 0.25) is 5.91 Å². The van der Waals surface area contributed by atoms with Gasteiger partial charge in [0, 0.05) is 12.8 Å². The molecular weight excluding hydrogens is 863 g/mol. The molecule has 0 aliphatic heterocycles. The van der Waals surface area contributed by atoms with E-state index in [1.807, 2.05) is 6.08 Å². The predicted octanol–water partition coefficient (Wildman–Crippen LogP) is 19.8. The number of hydrogen-bond acceptors (Lipinski definition) is 5. The molecule has 0 bridgehead atoms. The van der Waals surface area contributed by atoms with Crippen LogP contribution < -0.4 is 5.32 Å². The van der Waals surface area contributed by atoms with Gasteiger partial charge in [-0.25, -0.2) is 0 Å². The first-order valence-corrected chi connectivity index (χ1v) is 31.6. The van der Waals surface area contributed by atoms with Gasteiger partial charge in [-0.1, -0.05) is 295 Å². The minimum atomic E-state index is -0.861. The summed E-state index contributed by atoms with van der Waals surface area (Å²) in [5.41, 5.74) is 0. The lowest BCUT2D eigenvalue weighted by Gasteiger charge is -2.20. The maximum atomic E-state index is 12.5. The van der Waals surface area contributed by atoms with E-state index in [1.54, 1.807) is 6.08 Å². The molecule has 414 valence electrons. The zero-order valence-electron chi connectivity index (χ0n) is 47.3. The van der Waals surface area contributed by atoms with E-state index in [0.29, 0.717) is 19.4 Å². The fourth-order valence-corrected chi connectivity index (χ4v) is 9.87. The molecule has 0 saturated carbocycles. The van der Waals surface area contributed by atoms with Gasteiger partial charge < -0.3 is 20.3 Å². The van der Waals surface area contributed by atoms with E-state index >= 15 is 0 Å². The molecule has 0 aromatic carbocycles. The summed E-state index contributed by atoms with van der Waals surface area (Å²) in [4.78, 5) is 24.6. The molecule has 0 saturated heterocycles. The van der Waals surface area contributed by atoms with E-state index in [4.69, 9.17) is 4.74 Å². The summed E-state index contributed by atoms with van der Waals surface area (Å²) < 4.78 is 5.47. The molecule has 3 N–H and O–H groups in total. The van der Waals surface area contributed by atoms with Crippen molar-refractivity contribution in [2.75, 3.05) is 13.2 Å². The SMILES string of the molecule is CCCCCCCCCCCCCCCCCCCCCC/C=C/C(O)C(CO)NC(=O)CCCCCCC/C=C\CCCCCOC(=O)CCCCCCCCCCCCCCCCCCCCC. The van der Waals surface area contributed by atoms with Crippen molar-refractivity contribution in [2.24, 2.45) is 0 Å². The van der Waals surface area contributed by atoms with Crippen LogP contribution in [0.1, 0.15) is 348 Å². The van der Waals surface area contributed by atoms with Crippen LogP contribution in [-0.2, 0) is 14.3 Å². The fraction of sp³-hybridized carbons (Fsp3) is 0.906. The van der Waals surface area contributed by atoms with E-state index in [0.717, 1.165) is 77.0 Å². The highest BCUT2D eigenvalue weighted by Gasteiger charge is 2.18. The number of aliphatic hydroxyl groups excluding tert-OH is 2. The number of aliphatic hydroxyl groups is 2. The maximum Gasteiger partial charge on any atom is 0.305 e. The molecular formula is C64H123NO5. The molecule has 6 heteroatoms. The molecule has 70 heavy (non-hydrogen) atoms. The average molecular weight is 987 g/mol. The molecule has 0 radical (unpaired) electrons. The van der Waals surface area contributed by atoms with Crippen molar-refractivity contribution in [3.63, 3.8) is 0 Å². The van der Waals surface area contributed by atoms with Crippen LogP contribution in [0, 0.1) is 0 Å². The summed E-state index contributed by atoms with van der Waals surface area (Å²) in [5.74, 6) is -0.109. The quantitative estimate of drug-likeness (QED) is 0.0321. The minimum absolute atomic E-state index is 0.0188. The van der Waals surface area contributed by atoms with Crippen LogP contribution in [0.4, 0.5) is 0 Å². The molecule has 0 aromatic rings. The second-order valence-corrected chi connectivity index (χ2v) is 21.7. The van der Waals surface area contributed by atoms with Crippen molar-refractivity contribution in [2.45, 2.75) is 360 Å². The molecule has 0 spiro atoms. The second kappa shape index (κ2) is 59.9. The van der Waals surface area contributed by atoms with Crippen LogP contribution >= 0.6 is 0 Å². The Bertz CT molecular complexity index is 1090.